The fourth-order valence-corrected chi connectivity index (χ4v) is 3.36. The smallest absolute Gasteiger partial charge is 0.188 e. The molecule has 1 unspecified atom stereocenters. The Morgan fingerprint density at radius 1 is 0.667 bits per heavy atom. The first-order valence-electron chi connectivity index (χ1n) is 10.8. The largest absolute Gasteiger partial charge is 0.476 e. The standard InChI is InChI=1S/C22H41NO/c1-2-3-4-5-6-7-8-9-10-11-12-13-14-15-16-17-19-22-23-20-18-21-24-22/h18,20-22H,2-17,19H2,1H3. The van der Waals surface area contributed by atoms with Gasteiger partial charge in [-0.3, -0.25) is 4.99 Å². The maximum absolute atomic E-state index is 5.42. The highest BCUT2D eigenvalue weighted by molar-refractivity contribution is 5.71. The van der Waals surface area contributed by atoms with E-state index < -0.39 is 0 Å². The van der Waals surface area contributed by atoms with Gasteiger partial charge in [-0.1, -0.05) is 103 Å². The van der Waals surface area contributed by atoms with Gasteiger partial charge in [0.05, 0.1) is 6.26 Å². The number of unbranched alkanes of at least 4 members (excludes halogenated alkanes) is 15. The van der Waals surface area contributed by atoms with Gasteiger partial charge in [0.25, 0.3) is 0 Å². The first-order chi connectivity index (χ1) is 11.9. The van der Waals surface area contributed by atoms with E-state index in [1.807, 2.05) is 12.3 Å². The zero-order valence-corrected chi connectivity index (χ0v) is 16.2. The molecule has 140 valence electrons. The van der Waals surface area contributed by atoms with Crippen molar-refractivity contribution >= 4 is 6.21 Å². The van der Waals surface area contributed by atoms with Gasteiger partial charge < -0.3 is 4.74 Å². The van der Waals surface area contributed by atoms with Gasteiger partial charge in [0.1, 0.15) is 0 Å². The van der Waals surface area contributed by atoms with Crippen LogP contribution < -0.4 is 0 Å². The summed E-state index contributed by atoms with van der Waals surface area (Å²) in [5.74, 6) is 0. The summed E-state index contributed by atoms with van der Waals surface area (Å²) >= 11 is 0. The molecule has 0 spiro atoms. The molecule has 0 bridgehead atoms. The molecule has 0 radical (unpaired) electrons. The number of allylic oxidation sites excluding steroid dienone is 1. The molecule has 24 heavy (non-hydrogen) atoms. The summed E-state index contributed by atoms with van der Waals surface area (Å²) < 4.78 is 5.42. The minimum atomic E-state index is 0.0849. The first-order valence-corrected chi connectivity index (χ1v) is 10.8. The lowest BCUT2D eigenvalue weighted by molar-refractivity contribution is 0.138. The van der Waals surface area contributed by atoms with Crippen molar-refractivity contribution in [2.24, 2.45) is 4.99 Å². The molecule has 0 N–H and O–H groups in total. The fraction of sp³-hybridized carbons (Fsp3) is 0.864. The molecule has 0 aromatic heterocycles. The minimum Gasteiger partial charge on any atom is -0.476 e. The molecule has 0 saturated heterocycles. The zero-order valence-electron chi connectivity index (χ0n) is 16.2. The van der Waals surface area contributed by atoms with Crippen molar-refractivity contribution in [2.75, 3.05) is 0 Å². The summed E-state index contributed by atoms with van der Waals surface area (Å²) in [4.78, 5) is 4.30. The summed E-state index contributed by atoms with van der Waals surface area (Å²) in [5, 5.41) is 0. The van der Waals surface area contributed by atoms with E-state index >= 15 is 0 Å². The van der Waals surface area contributed by atoms with Gasteiger partial charge in [-0.05, 0) is 12.5 Å². The van der Waals surface area contributed by atoms with Crippen molar-refractivity contribution in [1.29, 1.82) is 0 Å². The predicted molar refractivity (Wildman–Crippen MR) is 107 cm³/mol. The van der Waals surface area contributed by atoms with E-state index in [9.17, 15) is 0 Å². The maximum Gasteiger partial charge on any atom is 0.188 e. The van der Waals surface area contributed by atoms with E-state index in [0.717, 1.165) is 6.42 Å². The lowest BCUT2D eigenvalue weighted by Gasteiger charge is -2.13. The maximum atomic E-state index is 5.42. The molecule has 0 amide bonds. The second kappa shape index (κ2) is 17.0. The van der Waals surface area contributed by atoms with Crippen LogP contribution >= 0.6 is 0 Å². The highest BCUT2D eigenvalue weighted by Crippen LogP contribution is 2.15. The first kappa shape index (κ1) is 21.3. The predicted octanol–water partition coefficient (Wildman–Crippen LogP) is 7.58. The lowest BCUT2D eigenvalue weighted by atomic mass is 10.0. The SMILES string of the molecule is CCCCCCCCCCCCCCCCCCC1N=CC=CO1. The van der Waals surface area contributed by atoms with Gasteiger partial charge in [0, 0.05) is 12.6 Å². The van der Waals surface area contributed by atoms with Gasteiger partial charge >= 0.3 is 0 Å². The molecule has 1 rings (SSSR count). The summed E-state index contributed by atoms with van der Waals surface area (Å²) in [7, 11) is 0. The van der Waals surface area contributed by atoms with Crippen LogP contribution in [0.5, 0.6) is 0 Å². The van der Waals surface area contributed by atoms with Crippen molar-refractivity contribution in [3.05, 3.63) is 12.3 Å². The Bertz CT molecular complexity index is 311. The number of rotatable bonds is 17. The zero-order chi connectivity index (χ0) is 17.1. The van der Waals surface area contributed by atoms with Crippen LogP contribution in [0.4, 0.5) is 0 Å². The minimum absolute atomic E-state index is 0.0849. The summed E-state index contributed by atoms with van der Waals surface area (Å²) in [5.41, 5.74) is 0. The summed E-state index contributed by atoms with van der Waals surface area (Å²) in [6.07, 6.45) is 29.3. The molecule has 1 atom stereocenters. The third kappa shape index (κ3) is 13.6. The molecule has 0 aromatic carbocycles. The number of ether oxygens (including phenoxy) is 1. The second-order valence-electron chi connectivity index (χ2n) is 7.31. The molecule has 1 aliphatic heterocycles. The molecular formula is C22H41NO. The van der Waals surface area contributed by atoms with Crippen molar-refractivity contribution in [3.63, 3.8) is 0 Å². The van der Waals surface area contributed by atoms with Crippen molar-refractivity contribution in [3.8, 4) is 0 Å². The van der Waals surface area contributed by atoms with Crippen LogP contribution in [0, 0.1) is 0 Å². The van der Waals surface area contributed by atoms with E-state index in [1.54, 1.807) is 6.26 Å². The van der Waals surface area contributed by atoms with Crippen LogP contribution in [-0.2, 0) is 4.74 Å². The van der Waals surface area contributed by atoms with Crippen LogP contribution in [0.2, 0.25) is 0 Å². The molecule has 2 heteroatoms. The number of nitrogens with zero attached hydrogens (tertiary/aromatic N) is 1. The van der Waals surface area contributed by atoms with Gasteiger partial charge in [-0.25, -0.2) is 0 Å². The van der Waals surface area contributed by atoms with E-state index in [0.29, 0.717) is 0 Å². The van der Waals surface area contributed by atoms with Crippen molar-refractivity contribution in [2.45, 2.75) is 122 Å². The normalized spacial score (nSPS) is 16.5. The van der Waals surface area contributed by atoms with Gasteiger partial charge in [0.15, 0.2) is 6.23 Å². The Hall–Kier alpha value is -0.790. The average molecular weight is 336 g/mol. The fourth-order valence-electron chi connectivity index (χ4n) is 3.36. The molecule has 0 fully saturated rings. The van der Waals surface area contributed by atoms with E-state index in [2.05, 4.69) is 11.9 Å². The number of hydrogen-bond donors (Lipinski definition) is 0. The molecule has 0 aliphatic carbocycles. The molecular weight excluding hydrogens is 294 g/mol. The van der Waals surface area contributed by atoms with Gasteiger partial charge in [-0.15, -0.1) is 0 Å². The Labute approximate surface area is 151 Å². The third-order valence-corrected chi connectivity index (χ3v) is 4.96. The van der Waals surface area contributed by atoms with Crippen molar-refractivity contribution in [1.82, 2.24) is 0 Å². The topological polar surface area (TPSA) is 21.6 Å². The monoisotopic (exact) mass is 335 g/mol. The Morgan fingerprint density at radius 3 is 1.54 bits per heavy atom. The lowest BCUT2D eigenvalue weighted by Crippen LogP contribution is -2.08. The third-order valence-electron chi connectivity index (χ3n) is 4.96. The average Bonchev–Trinajstić information content (AvgIpc) is 2.62. The second-order valence-corrected chi connectivity index (χ2v) is 7.31. The van der Waals surface area contributed by atoms with E-state index in [1.165, 1.54) is 103 Å². The van der Waals surface area contributed by atoms with Crippen LogP contribution in [0.3, 0.4) is 0 Å². The van der Waals surface area contributed by atoms with Crippen LogP contribution in [0.25, 0.3) is 0 Å². The van der Waals surface area contributed by atoms with Crippen molar-refractivity contribution < 1.29 is 4.74 Å². The van der Waals surface area contributed by atoms with E-state index in [-0.39, 0.29) is 6.23 Å². The Kier molecular flexibility index (Phi) is 15.1. The highest BCUT2D eigenvalue weighted by Gasteiger charge is 2.05. The van der Waals surface area contributed by atoms with Gasteiger partial charge in [-0.2, -0.15) is 0 Å². The molecule has 2 nitrogen and oxygen atoms in total. The summed E-state index contributed by atoms with van der Waals surface area (Å²) in [6, 6.07) is 0. The molecule has 0 saturated carbocycles. The van der Waals surface area contributed by atoms with Crippen LogP contribution in [0.1, 0.15) is 116 Å². The number of hydrogen-bond acceptors (Lipinski definition) is 2. The summed E-state index contributed by atoms with van der Waals surface area (Å²) in [6.45, 7) is 2.29. The van der Waals surface area contributed by atoms with Gasteiger partial charge in [0.2, 0.25) is 0 Å². The number of aliphatic imine (C=N–C) groups is 1. The quantitative estimate of drug-likeness (QED) is 0.251. The van der Waals surface area contributed by atoms with Crippen LogP contribution in [-0.4, -0.2) is 12.4 Å². The Balaban J connectivity index is 1.67. The van der Waals surface area contributed by atoms with E-state index in [4.69, 9.17) is 4.74 Å². The molecule has 1 aliphatic rings. The van der Waals surface area contributed by atoms with Crippen LogP contribution in [0.15, 0.2) is 17.3 Å². The highest BCUT2D eigenvalue weighted by atomic mass is 16.5. The molecule has 0 aromatic rings. The Morgan fingerprint density at radius 2 is 1.12 bits per heavy atom. The molecule has 1 heterocycles.